The molecule has 33 heavy (non-hydrogen) atoms. The minimum atomic E-state index is -0.129. The lowest BCUT2D eigenvalue weighted by Gasteiger charge is -2.21. The zero-order valence-corrected chi connectivity index (χ0v) is 21.1. The normalized spacial score (nSPS) is 18.9. The van der Waals surface area contributed by atoms with E-state index in [1.807, 2.05) is 43.3 Å². The van der Waals surface area contributed by atoms with Crippen molar-refractivity contribution < 1.29 is 9.59 Å². The van der Waals surface area contributed by atoms with Gasteiger partial charge in [-0.25, -0.2) is 0 Å². The number of thioether (sulfide) groups is 1. The van der Waals surface area contributed by atoms with Crippen LogP contribution in [0.5, 0.6) is 0 Å². The Balaban J connectivity index is 1.65. The zero-order chi connectivity index (χ0) is 23.5. The quantitative estimate of drug-likeness (QED) is 0.328. The van der Waals surface area contributed by atoms with Gasteiger partial charge in [0.2, 0.25) is 0 Å². The molecule has 0 radical (unpaired) electrons. The second-order valence-electron chi connectivity index (χ2n) is 8.80. The maximum Gasteiger partial charge on any atom is 0.267 e. The monoisotopic (exact) mass is 478 g/mol. The van der Waals surface area contributed by atoms with Crippen LogP contribution >= 0.6 is 24.0 Å². The van der Waals surface area contributed by atoms with Crippen LogP contribution in [0.3, 0.4) is 0 Å². The molecule has 4 nitrogen and oxygen atoms in total. The molecule has 0 bridgehead atoms. The number of thiocarbonyl (C=S) groups is 1. The molecule has 0 saturated carbocycles. The Hall–Kier alpha value is -2.44. The van der Waals surface area contributed by atoms with Crippen molar-refractivity contribution in [2.75, 3.05) is 11.4 Å². The van der Waals surface area contributed by atoms with Crippen molar-refractivity contribution in [1.82, 2.24) is 4.90 Å². The van der Waals surface area contributed by atoms with E-state index in [-0.39, 0.29) is 11.8 Å². The van der Waals surface area contributed by atoms with Crippen molar-refractivity contribution in [3.8, 4) is 0 Å². The van der Waals surface area contributed by atoms with E-state index >= 15 is 0 Å². The van der Waals surface area contributed by atoms with Crippen LogP contribution in [0.2, 0.25) is 0 Å². The van der Waals surface area contributed by atoms with Gasteiger partial charge in [0.25, 0.3) is 11.8 Å². The summed E-state index contributed by atoms with van der Waals surface area (Å²) < 4.78 is 0.555. The Morgan fingerprint density at radius 1 is 0.970 bits per heavy atom. The molecule has 2 aliphatic rings. The molecule has 0 aromatic heterocycles. The lowest BCUT2D eigenvalue weighted by molar-refractivity contribution is -0.123. The van der Waals surface area contributed by atoms with Crippen molar-refractivity contribution in [2.45, 2.75) is 53.0 Å². The molecule has 2 aromatic carbocycles. The molecular formula is C27H30N2O2S2. The van der Waals surface area contributed by atoms with Gasteiger partial charge in [0.15, 0.2) is 0 Å². The van der Waals surface area contributed by atoms with Crippen LogP contribution in [0.4, 0.5) is 5.69 Å². The predicted molar refractivity (Wildman–Crippen MR) is 141 cm³/mol. The van der Waals surface area contributed by atoms with Crippen LogP contribution in [0.25, 0.3) is 5.57 Å². The summed E-state index contributed by atoms with van der Waals surface area (Å²) in [6, 6.07) is 15.9. The first-order valence-corrected chi connectivity index (χ1v) is 12.9. The van der Waals surface area contributed by atoms with Gasteiger partial charge in [0.05, 0.1) is 22.7 Å². The summed E-state index contributed by atoms with van der Waals surface area (Å²) in [5.74, 6) is 0.159. The fraction of sp³-hybridized carbons (Fsp3) is 0.370. The molecule has 2 amide bonds. The summed E-state index contributed by atoms with van der Waals surface area (Å²) in [5.41, 5.74) is 4.38. The fourth-order valence-electron chi connectivity index (χ4n) is 4.41. The molecule has 2 aliphatic heterocycles. The zero-order valence-electron chi connectivity index (χ0n) is 19.5. The number of aryl methyl sites for hydroxylation is 1. The Morgan fingerprint density at radius 3 is 2.39 bits per heavy atom. The third kappa shape index (κ3) is 4.78. The third-order valence-electron chi connectivity index (χ3n) is 6.44. The largest absolute Gasteiger partial charge is 0.303 e. The van der Waals surface area contributed by atoms with Gasteiger partial charge in [-0.1, -0.05) is 105 Å². The number of nitrogens with zero attached hydrogens (tertiary/aromatic N) is 2. The number of para-hydroxylation sites is 1. The molecule has 6 heteroatoms. The highest BCUT2D eigenvalue weighted by Gasteiger charge is 2.42. The summed E-state index contributed by atoms with van der Waals surface area (Å²) in [6.45, 7) is 7.49. The number of hydrogen-bond donors (Lipinski definition) is 0. The van der Waals surface area contributed by atoms with E-state index < -0.39 is 0 Å². The van der Waals surface area contributed by atoms with Gasteiger partial charge in [-0.2, -0.15) is 0 Å². The van der Waals surface area contributed by atoms with Crippen LogP contribution in [-0.4, -0.2) is 27.6 Å². The van der Waals surface area contributed by atoms with Crippen LogP contribution in [0.15, 0.2) is 53.4 Å². The first kappa shape index (κ1) is 23.7. The van der Waals surface area contributed by atoms with Crippen molar-refractivity contribution in [1.29, 1.82) is 0 Å². The fourth-order valence-corrected chi connectivity index (χ4v) is 5.76. The molecule has 1 saturated heterocycles. The van der Waals surface area contributed by atoms with Gasteiger partial charge in [0.1, 0.15) is 4.32 Å². The second-order valence-corrected chi connectivity index (χ2v) is 10.4. The highest BCUT2D eigenvalue weighted by atomic mass is 32.2. The molecular weight excluding hydrogens is 448 g/mol. The number of hydrogen-bond acceptors (Lipinski definition) is 4. The number of carbonyl (C=O) groups is 2. The number of fused-ring (bicyclic) bond motifs is 1. The van der Waals surface area contributed by atoms with Gasteiger partial charge < -0.3 is 4.90 Å². The lowest BCUT2D eigenvalue weighted by atomic mass is 9.98. The van der Waals surface area contributed by atoms with Crippen LogP contribution < -0.4 is 4.90 Å². The van der Waals surface area contributed by atoms with Gasteiger partial charge in [-0.05, 0) is 30.9 Å². The second kappa shape index (κ2) is 10.2. The first-order chi connectivity index (χ1) is 15.9. The average molecular weight is 479 g/mol. The Kier molecular flexibility index (Phi) is 7.35. The summed E-state index contributed by atoms with van der Waals surface area (Å²) in [7, 11) is 0. The van der Waals surface area contributed by atoms with Crippen molar-refractivity contribution in [3.05, 3.63) is 70.1 Å². The first-order valence-electron chi connectivity index (χ1n) is 11.7. The average Bonchev–Trinajstić information content (AvgIpc) is 3.25. The molecule has 0 aliphatic carbocycles. The number of anilines is 1. The lowest BCUT2D eigenvalue weighted by Crippen LogP contribution is -2.33. The number of amides is 2. The molecule has 1 fully saturated rings. The van der Waals surface area contributed by atoms with Gasteiger partial charge in [-0.3, -0.25) is 14.5 Å². The van der Waals surface area contributed by atoms with Crippen LogP contribution in [0, 0.1) is 12.8 Å². The molecule has 4 rings (SSSR count). The van der Waals surface area contributed by atoms with Gasteiger partial charge >= 0.3 is 0 Å². The van der Waals surface area contributed by atoms with E-state index in [0.29, 0.717) is 33.8 Å². The van der Waals surface area contributed by atoms with E-state index in [9.17, 15) is 9.59 Å². The maximum absolute atomic E-state index is 13.6. The predicted octanol–water partition coefficient (Wildman–Crippen LogP) is 6.33. The molecule has 0 N–H and O–H groups in total. The molecule has 2 heterocycles. The SMILES string of the molecule is CCCCC(CC)CN1C(=O)C(=C2C(=O)N(Cc3ccc(C)cc3)c3ccccc32)SC1=S. The molecule has 172 valence electrons. The minimum Gasteiger partial charge on any atom is -0.303 e. The van der Waals surface area contributed by atoms with Crippen molar-refractivity contribution in [2.24, 2.45) is 5.92 Å². The summed E-state index contributed by atoms with van der Waals surface area (Å²) in [5, 5.41) is 0. The summed E-state index contributed by atoms with van der Waals surface area (Å²) in [6.07, 6.45) is 4.38. The highest BCUT2D eigenvalue weighted by molar-refractivity contribution is 8.26. The summed E-state index contributed by atoms with van der Waals surface area (Å²) in [4.78, 5) is 31.1. The third-order valence-corrected chi connectivity index (χ3v) is 7.89. The smallest absolute Gasteiger partial charge is 0.267 e. The van der Waals surface area contributed by atoms with E-state index in [0.717, 1.165) is 42.5 Å². The Bertz CT molecular complexity index is 1110. The standard InChI is InChI=1S/C27H30N2O2S2/c1-4-6-9-19(5-2)16-29-26(31)24(33-27(29)32)23-21-10-7-8-11-22(21)28(25(23)30)17-20-14-12-18(3)13-15-20/h7-8,10-15,19H,4-6,9,16-17H2,1-3H3. The minimum absolute atomic E-state index is 0.129. The number of rotatable bonds is 8. The number of unbranched alkanes of at least 4 members (excludes halogenated alkanes) is 1. The van der Waals surface area contributed by atoms with E-state index in [1.54, 1.807) is 9.80 Å². The molecule has 0 spiro atoms. The van der Waals surface area contributed by atoms with E-state index in [1.165, 1.54) is 17.3 Å². The van der Waals surface area contributed by atoms with Crippen molar-refractivity contribution in [3.63, 3.8) is 0 Å². The van der Waals surface area contributed by atoms with Crippen LogP contribution in [-0.2, 0) is 16.1 Å². The highest BCUT2D eigenvalue weighted by Crippen LogP contribution is 2.45. The van der Waals surface area contributed by atoms with Crippen LogP contribution in [0.1, 0.15) is 56.2 Å². The van der Waals surface area contributed by atoms with E-state index in [4.69, 9.17) is 12.2 Å². The topological polar surface area (TPSA) is 40.6 Å². The Labute approximate surface area is 206 Å². The van der Waals surface area contributed by atoms with Gasteiger partial charge in [0, 0.05) is 12.1 Å². The van der Waals surface area contributed by atoms with Crippen molar-refractivity contribution >= 4 is 51.4 Å². The summed E-state index contributed by atoms with van der Waals surface area (Å²) >= 11 is 6.87. The molecule has 2 aromatic rings. The maximum atomic E-state index is 13.6. The molecule has 1 unspecified atom stereocenters. The number of carbonyl (C=O) groups excluding carboxylic acids is 2. The van der Waals surface area contributed by atoms with E-state index in [2.05, 4.69) is 26.0 Å². The van der Waals surface area contributed by atoms with Gasteiger partial charge in [-0.15, -0.1) is 0 Å². The molecule has 1 atom stereocenters. The Morgan fingerprint density at radius 2 is 1.70 bits per heavy atom. The number of benzene rings is 2.